The molecule has 0 saturated heterocycles. The number of benzene rings is 1. The summed E-state index contributed by atoms with van der Waals surface area (Å²) >= 11 is 0. The molecule has 110 valence electrons. The molecule has 0 radical (unpaired) electrons. The van der Waals surface area contributed by atoms with Crippen LogP contribution in [0.4, 0.5) is 0 Å². The average molecular weight is 295 g/mol. The number of rotatable bonds is 4. The second-order valence-electron chi connectivity index (χ2n) is 5.57. The first-order chi connectivity index (χ1) is 9.40. The highest BCUT2D eigenvalue weighted by molar-refractivity contribution is 7.89. The molecule has 1 saturated carbocycles. The largest absolute Gasteiger partial charge is 0.295 e. The van der Waals surface area contributed by atoms with Crippen LogP contribution < -0.4 is 4.72 Å². The Morgan fingerprint density at radius 1 is 1.25 bits per heavy atom. The van der Waals surface area contributed by atoms with Gasteiger partial charge in [0.25, 0.3) is 0 Å². The van der Waals surface area contributed by atoms with E-state index in [1.54, 1.807) is 12.1 Å². The monoisotopic (exact) mass is 295 g/mol. The van der Waals surface area contributed by atoms with Crippen LogP contribution in [-0.4, -0.2) is 20.2 Å². The van der Waals surface area contributed by atoms with Crippen molar-refractivity contribution in [3.05, 3.63) is 29.8 Å². The van der Waals surface area contributed by atoms with Crippen molar-refractivity contribution in [1.82, 2.24) is 4.72 Å². The summed E-state index contributed by atoms with van der Waals surface area (Å²) in [4.78, 5) is 11.5. The first kappa shape index (κ1) is 15.2. The van der Waals surface area contributed by atoms with E-state index in [1.165, 1.54) is 25.5 Å². The highest BCUT2D eigenvalue weighted by Crippen LogP contribution is 2.25. The van der Waals surface area contributed by atoms with Gasteiger partial charge in [0.05, 0.1) is 4.90 Å². The zero-order chi connectivity index (χ0) is 14.8. The third-order valence-corrected chi connectivity index (χ3v) is 5.46. The molecular weight excluding hydrogens is 274 g/mol. The van der Waals surface area contributed by atoms with Gasteiger partial charge in [-0.1, -0.05) is 31.9 Å². The molecule has 2 unspecified atom stereocenters. The summed E-state index contributed by atoms with van der Waals surface area (Å²) < 4.78 is 27.6. The van der Waals surface area contributed by atoms with E-state index < -0.39 is 10.0 Å². The SMILES string of the molecule is CC(=O)c1cccc(S(=O)(=O)NC2CCCCC2C)c1. The maximum Gasteiger partial charge on any atom is 0.240 e. The van der Waals surface area contributed by atoms with Gasteiger partial charge < -0.3 is 0 Å². The number of carbonyl (C=O) groups is 1. The summed E-state index contributed by atoms with van der Waals surface area (Å²) in [6, 6.07) is 6.20. The smallest absolute Gasteiger partial charge is 0.240 e. The van der Waals surface area contributed by atoms with Crippen molar-refractivity contribution < 1.29 is 13.2 Å². The third-order valence-electron chi connectivity index (χ3n) is 3.97. The number of carbonyl (C=O) groups excluding carboxylic acids is 1. The molecule has 0 aromatic heterocycles. The van der Waals surface area contributed by atoms with Crippen LogP contribution in [0.25, 0.3) is 0 Å². The minimum Gasteiger partial charge on any atom is -0.295 e. The fourth-order valence-corrected chi connectivity index (χ4v) is 4.07. The number of Topliss-reactive ketones (excluding diaryl/α,β-unsaturated/α-hetero) is 1. The Kier molecular flexibility index (Phi) is 4.60. The minimum absolute atomic E-state index is 0.00488. The molecule has 0 spiro atoms. The van der Waals surface area contributed by atoms with Gasteiger partial charge in [-0.3, -0.25) is 4.79 Å². The van der Waals surface area contributed by atoms with Crippen LogP contribution >= 0.6 is 0 Å². The number of ketones is 1. The number of sulfonamides is 1. The van der Waals surface area contributed by atoms with E-state index in [0.717, 1.165) is 19.3 Å². The molecule has 20 heavy (non-hydrogen) atoms. The molecule has 0 bridgehead atoms. The maximum absolute atomic E-state index is 12.4. The van der Waals surface area contributed by atoms with Gasteiger partial charge in [0.1, 0.15) is 0 Å². The van der Waals surface area contributed by atoms with Gasteiger partial charge in [0.15, 0.2) is 5.78 Å². The van der Waals surface area contributed by atoms with Crippen LogP contribution in [0, 0.1) is 5.92 Å². The summed E-state index contributed by atoms with van der Waals surface area (Å²) in [6.07, 6.45) is 4.16. The summed E-state index contributed by atoms with van der Waals surface area (Å²) in [6.45, 7) is 3.51. The molecule has 0 amide bonds. The van der Waals surface area contributed by atoms with Crippen LogP contribution in [0.3, 0.4) is 0 Å². The second-order valence-corrected chi connectivity index (χ2v) is 7.29. The fraction of sp³-hybridized carbons (Fsp3) is 0.533. The maximum atomic E-state index is 12.4. The molecule has 1 fully saturated rings. The summed E-state index contributed by atoms with van der Waals surface area (Å²) in [5.41, 5.74) is 0.421. The zero-order valence-electron chi connectivity index (χ0n) is 11.9. The van der Waals surface area contributed by atoms with Crippen LogP contribution in [-0.2, 0) is 10.0 Å². The first-order valence-electron chi connectivity index (χ1n) is 7.03. The first-order valence-corrected chi connectivity index (χ1v) is 8.52. The zero-order valence-corrected chi connectivity index (χ0v) is 12.7. The summed E-state index contributed by atoms with van der Waals surface area (Å²) in [7, 11) is -3.55. The van der Waals surface area contributed by atoms with E-state index >= 15 is 0 Å². The molecule has 0 aliphatic heterocycles. The Balaban J connectivity index is 2.21. The molecule has 2 atom stereocenters. The summed E-state index contributed by atoms with van der Waals surface area (Å²) in [5, 5.41) is 0. The lowest BCUT2D eigenvalue weighted by Crippen LogP contribution is -2.41. The molecule has 5 heteroatoms. The van der Waals surface area contributed by atoms with Crippen molar-refractivity contribution in [3.8, 4) is 0 Å². The third kappa shape index (κ3) is 3.46. The van der Waals surface area contributed by atoms with Crippen molar-refractivity contribution in [2.75, 3.05) is 0 Å². The van der Waals surface area contributed by atoms with Gasteiger partial charge in [0.2, 0.25) is 10.0 Å². The number of nitrogens with one attached hydrogen (secondary N) is 1. The minimum atomic E-state index is -3.55. The van der Waals surface area contributed by atoms with Gasteiger partial charge in [-0.15, -0.1) is 0 Å². The Morgan fingerprint density at radius 2 is 1.95 bits per heavy atom. The molecule has 1 N–H and O–H groups in total. The number of hydrogen-bond acceptors (Lipinski definition) is 3. The van der Waals surface area contributed by atoms with Crippen LogP contribution in [0.1, 0.15) is 49.9 Å². The molecule has 1 aromatic carbocycles. The lowest BCUT2D eigenvalue weighted by molar-refractivity contribution is 0.101. The molecule has 1 aromatic rings. The van der Waals surface area contributed by atoms with E-state index in [1.807, 2.05) is 0 Å². The highest BCUT2D eigenvalue weighted by Gasteiger charge is 2.26. The molecule has 1 aliphatic carbocycles. The van der Waals surface area contributed by atoms with E-state index in [0.29, 0.717) is 11.5 Å². The molecule has 1 aliphatic rings. The topological polar surface area (TPSA) is 63.2 Å². The van der Waals surface area contributed by atoms with Crippen LogP contribution in [0.5, 0.6) is 0 Å². The Bertz CT molecular complexity index is 595. The lowest BCUT2D eigenvalue weighted by Gasteiger charge is -2.29. The van der Waals surface area contributed by atoms with E-state index in [-0.39, 0.29) is 16.7 Å². The van der Waals surface area contributed by atoms with E-state index in [4.69, 9.17) is 0 Å². The van der Waals surface area contributed by atoms with Crippen molar-refractivity contribution in [3.63, 3.8) is 0 Å². The normalized spacial score (nSPS) is 23.5. The van der Waals surface area contributed by atoms with Crippen LogP contribution in [0.2, 0.25) is 0 Å². The van der Waals surface area contributed by atoms with E-state index in [9.17, 15) is 13.2 Å². The van der Waals surface area contributed by atoms with Gasteiger partial charge in [0, 0.05) is 11.6 Å². The quantitative estimate of drug-likeness (QED) is 0.869. The predicted octanol–water partition coefficient (Wildman–Crippen LogP) is 2.75. The Morgan fingerprint density at radius 3 is 2.60 bits per heavy atom. The molecule has 0 heterocycles. The van der Waals surface area contributed by atoms with Gasteiger partial charge in [-0.2, -0.15) is 0 Å². The van der Waals surface area contributed by atoms with E-state index in [2.05, 4.69) is 11.6 Å². The second kappa shape index (κ2) is 6.06. The summed E-state index contributed by atoms with van der Waals surface area (Å²) in [5.74, 6) is 0.225. The van der Waals surface area contributed by atoms with Crippen molar-refractivity contribution in [1.29, 1.82) is 0 Å². The molecule has 2 rings (SSSR count). The van der Waals surface area contributed by atoms with Gasteiger partial charge in [-0.05, 0) is 37.8 Å². The predicted molar refractivity (Wildman–Crippen MR) is 78.2 cm³/mol. The highest BCUT2D eigenvalue weighted by atomic mass is 32.2. The lowest BCUT2D eigenvalue weighted by atomic mass is 9.87. The standard InChI is InChI=1S/C15H21NO3S/c1-11-6-3-4-9-15(11)16-20(18,19)14-8-5-7-13(10-14)12(2)17/h5,7-8,10-11,15-16H,3-4,6,9H2,1-2H3. The molecular formula is C15H21NO3S. The number of hydrogen-bond donors (Lipinski definition) is 1. The Hall–Kier alpha value is -1.20. The Labute approximate surface area is 120 Å². The van der Waals surface area contributed by atoms with Gasteiger partial charge >= 0.3 is 0 Å². The van der Waals surface area contributed by atoms with Crippen molar-refractivity contribution >= 4 is 15.8 Å². The molecule has 4 nitrogen and oxygen atoms in total. The average Bonchev–Trinajstić information content (AvgIpc) is 2.41. The fourth-order valence-electron chi connectivity index (χ4n) is 2.64. The van der Waals surface area contributed by atoms with Crippen LogP contribution in [0.15, 0.2) is 29.2 Å². The van der Waals surface area contributed by atoms with Gasteiger partial charge in [-0.25, -0.2) is 13.1 Å². The van der Waals surface area contributed by atoms with Crippen molar-refractivity contribution in [2.45, 2.75) is 50.5 Å². The van der Waals surface area contributed by atoms with Crippen molar-refractivity contribution in [2.24, 2.45) is 5.92 Å².